The lowest BCUT2D eigenvalue weighted by Gasteiger charge is -1.97. The first-order chi connectivity index (χ1) is 5.36. The highest BCUT2D eigenvalue weighted by Crippen LogP contribution is 2.11. The van der Waals surface area contributed by atoms with Crippen LogP contribution in [0.15, 0.2) is 24.3 Å². The summed E-state index contributed by atoms with van der Waals surface area (Å²) >= 11 is 3.03. The van der Waals surface area contributed by atoms with Crippen molar-refractivity contribution in [3.05, 3.63) is 29.8 Å². The van der Waals surface area contributed by atoms with Gasteiger partial charge in [-0.25, -0.2) is 0 Å². The molecule has 56 valence electrons. The summed E-state index contributed by atoms with van der Waals surface area (Å²) in [6.07, 6.45) is 0. The molecule has 0 radical (unpaired) electrons. The Balaban J connectivity index is 2.97. The predicted molar refractivity (Wildman–Crippen MR) is 48.8 cm³/mol. The summed E-state index contributed by atoms with van der Waals surface area (Å²) < 4.78 is 5.02. The Morgan fingerprint density at radius 1 is 1.45 bits per heavy atom. The molecule has 0 heterocycles. The van der Waals surface area contributed by atoms with Gasteiger partial charge in [-0.05, 0) is 23.0 Å². The Labute approximate surface area is 74.5 Å². The first-order valence-electron chi connectivity index (χ1n) is 3.12. The van der Waals surface area contributed by atoms with Crippen molar-refractivity contribution in [2.75, 3.05) is 7.11 Å². The molecule has 0 aromatic heterocycles. The van der Waals surface area contributed by atoms with Gasteiger partial charge in [-0.1, -0.05) is 12.0 Å². The third-order valence-electron chi connectivity index (χ3n) is 1.26. The zero-order valence-electron chi connectivity index (χ0n) is 6.10. The molecule has 2 heteroatoms. The molecule has 11 heavy (non-hydrogen) atoms. The predicted octanol–water partition coefficient (Wildman–Crippen LogP) is 2.40. The van der Waals surface area contributed by atoms with Crippen LogP contribution >= 0.6 is 15.9 Å². The van der Waals surface area contributed by atoms with E-state index in [9.17, 15) is 0 Å². The first-order valence-corrected chi connectivity index (χ1v) is 3.92. The Bertz CT molecular complexity index is 296. The van der Waals surface area contributed by atoms with E-state index in [2.05, 4.69) is 26.7 Å². The summed E-state index contributed by atoms with van der Waals surface area (Å²) in [5.41, 5.74) is 0.946. The minimum atomic E-state index is 0.831. The van der Waals surface area contributed by atoms with Crippen molar-refractivity contribution < 1.29 is 4.74 Å². The molecule has 0 atom stereocenters. The van der Waals surface area contributed by atoms with Crippen LogP contribution in [0.4, 0.5) is 0 Å². The molecule has 0 unspecified atom stereocenters. The second kappa shape index (κ2) is 4.05. The quantitative estimate of drug-likeness (QED) is 0.648. The van der Waals surface area contributed by atoms with E-state index in [1.165, 1.54) is 0 Å². The van der Waals surface area contributed by atoms with Crippen molar-refractivity contribution in [3.8, 4) is 16.5 Å². The molecule has 0 spiro atoms. The highest BCUT2D eigenvalue weighted by Gasteiger charge is 1.89. The van der Waals surface area contributed by atoms with E-state index < -0.39 is 0 Å². The number of rotatable bonds is 1. The topological polar surface area (TPSA) is 9.23 Å². The summed E-state index contributed by atoms with van der Waals surface area (Å²) in [7, 11) is 1.64. The van der Waals surface area contributed by atoms with E-state index in [0.717, 1.165) is 11.3 Å². The Morgan fingerprint density at radius 2 is 2.27 bits per heavy atom. The molecule has 0 aliphatic rings. The van der Waals surface area contributed by atoms with Crippen molar-refractivity contribution in [3.63, 3.8) is 0 Å². The Morgan fingerprint density at radius 3 is 2.91 bits per heavy atom. The molecule has 0 fully saturated rings. The molecular formula is C9H7BrO. The molecule has 0 N–H and O–H groups in total. The normalized spacial score (nSPS) is 8.18. The fourth-order valence-corrected chi connectivity index (χ4v) is 0.984. The monoisotopic (exact) mass is 210 g/mol. The van der Waals surface area contributed by atoms with Gasteiger partial charge in [0.25, 0.3) is 0 Å². The number of hydrogen-bond acceptors (Lipinski definition) is 1. The third kappa shape index (κ3) is 2.28. The lowest BCUT2D eigenvalue weighted by Crippen LogP contribution is -1.82. The van der Waals surface area contributed by atoms with Gasteiger partial charge >= 0.3 is 0 Å². The van der Waals surface area contributed by atoms with Crippen molar-refractivity contribution in [1.82, 2.24) is 0 Å². The van der Waals surface area contributed by atoms with Crippen LogP contribution in [0.1, 0.15) is 5.56 Å². The van der Waals surface area contributed by atoms with Gasteiger partial charge in [0.15, 0.2) is 0 Å². The van der Waals surface area contributed by atoms with E-state index in [4.69, 9.17) is 4.74 Å². The van der Waals surface area contributed by atoms with Crippen LogP contribution < -0.4 is 4.74 Å². The molecule has 1 nitrogen and oxygen atoms in total. The minimum absolute atomic E-state index is 0.831. The molecule has 1 aromatic rings. The van der Waals surface area contributed by atoms with Crippen LogP contribution in [-0.2, 0) is 0 Å². The SMILES string of the molecule is COc1cccc(C#CBr)c1. The molecule has 0 bridgehead atoms. The first kappa shape index (κ1) is 8.16. The summed E-state index contributed by atoms with van der Waals surface area (Å²) in [5, 5.41) is 0. The summed E-state index contributed by atoms with van der Waals surface area (Å²) in [6, 6.07) is 7.61. The average Bonchev–Trinajstić information content (AvgIpc) is 2.06. The summed E-state index contributed by atoms with van der Waals surface area (Å²) in [5.74, 6) is 3.70. The van der Waals surface area contributed by atoms with Crippen LogP contribution in [0.3, 0.4) is 0 Å². The van der Waals surface area contributed by atoms with Gasteiger partial charge in [0.1, 0.15) is 5.75 Å². The largest absolute Gasteiger partial charge is 0.497 e. The van der Waals surface area contributed by atoms with E-state index in [1.54, 1.807) is 7.11 Å². The second-order valence-corrected chi connectivity index (χ2v) is 2.35. The second-order valence-electron chi connectivity index (χ2n) is 1.95. The van der Waals surface area contributed by atoms with E-state index >= 15 is 0 Å². The lowest BCUT2D eigenvalue weighted by molar-refractivity contribution is 0.414. The molecule has 1 aromatic carbocycles. The summed E-state index contributed by atoms with van der Waals surface area (Å²) in [4.78, 5) is 2.64. The zero-order chi connectivity index (χ0) is 8.10. The minimum Gasteiger partial charge on any atom is -0.497 e. The van der Waals surface area contributed by atoms with Gasteiger partial charge in [-0.15, -0.1) is 0 Å². The molecule has 1 rings (SSSR count). The van der Waals surface area contributed by atoms with Gasteiger partial charge in [0.05, 0.1) is 7.11 Å². The Kier molecular flexibility index (Phi) is 3.00. The highest BCUT2D eigenvalue weighted by atomic mass is 79.9. The van der Waals surface area contributed by atoms with Crippen LogP contribution in [-0.4, -0.2) is 7.11 Å². The highest BCUT2D eigenvalue weighted by molar-refractivity contribution is 9.12. The number of methoxy groups -OCH3 is 1. The standard InChI is InChI=1S/C9H7BrO/c1-11-9-4-2-3-8(7-9)5-6-10/h2-4,7H,1H3. The van der Waals surface area contributed by atoms with Gasteiger partial charge < -0.3 is 4.74 Å². The van der Waals surface area contributed by atoms with Crippen LogP contribution in [0, 0.1) is 10.8 Å². The van der Waals surface area contributed by atoms with Crippen molar-refractivity contribution in [2.45, 2.75) is 0 Å². The van der Waals surface area contributed by atoms with Gasteiger partial charge in [0.2, 0.25) is 0 Å². The van der Waals surface area contributed by atoms with E-state index in [0.29, 0.717) is 0 Å². The lowest BCUT2D eigenvalue weighted by atomic mass is 10.2. The molecule has 0 saturated heterocycles. The summed E-state index contributed by atoms with van der Waals surface area (Å²) in [6.45, 7) is 0. The molecule has 0 amide bonds. The van der Waals surface area contributed by atoms with E-state index in [-0.39, 0.29) is 0 Å². The molecule has 0 aliphatic carbocycles. The average molecular weight is 211 g/mol. The number of ether oxygens (including phenoxy) is 1. The maximum atomic E-state index is 5.02. The van der Waals surface area contributed by atoms with Gasteiger partial charge in [0, 0.05) is 21.5 Å². The molecular weight excluding hydrogens is 204 g/mol. The van der Waals surface area contributed by atoms with Crippen LogP contribution in [0.2, 0.25) is 0 Å². The zero-order valence-corrected chi connectivity index (χ0v) is 7.68. The molecule has 0 saturated carbocycles. The maximum Gasteiger partial charge on any atom is 0.120 e. The van der Waals surface area contributed by atoms with Crippen LogP contribution in [0.25, 0.3) is 0 Å². The maximum absolute atomic E-state index is 5.02. The van der Waals surface area contributed by atoms with Crippen LogP contribution in [0.5, 0.6) is 5.75 Å². The van der Waals surface area contributed by atoms with Gasteiger partial charge in [-0.3, -0.25) is 0 Å². The third-order valence-corrected chi connectivity index (χ3v) is 1.46. The smallest absolute Gasteiger partial charge is 0.120 e. The van der Waals surface area contributed by atoms with E-state index in [1.807, 2.05) is 24.3 Å². The van der Waals surface area contributed by atoms with Crippen molar-refractivity contribution in [1.29, 1.82) is 0 Å². The fourth-order valence-electron chi connectivity index (χ4n) is 0.755. The van der Waals surface area contributed by atoms with Crippen molar-refractivity contribution >= 4 is 15.9 Å². The number of halogens is 1. The number of benzene rings is 1. The van der Waals surface area contributed by atoms with Gasteiger partial charge in [-0.2, -0.15) is 0 Å². The number of hydrogen-bond donors (Lipinski definition) is 0. The molecule has 0 aliphatic heterocycles. The van der Waals surface area contributed by atoms with Crippen molar-refractivity contribution in [2.24, 2.45) is 0 Å². The fraction of sp³-hybridized carbons (Fsp3) is 0.111. The Hall–Kier alpha value is -0.940.